The molecule has 0 radical (unpaired) electrons. The Bertz CT molecular complexity index is 567. The standard InChI is InChI=1S/C13H13Cl2N3O/c1-19-12-4-8(2-3-17-12)7-18-13-10(14)5-9(16)6-11(13)15/h2-6,18H,7,16H2,1H3. The topological polar surface area (TPSA) is 60.2 Å². The average Bonchev–Trinajstić information content (AvgIpc) is 2.37. The maximum Gasteiger partial charge on any atom is 0.213 e. The van der Waals surface area contributed by atoms with Crippen LogP contribution in [0.2, 0.25) is 10.0 Å². The largest absolute Gasteiger partial charge is 0.481 e. The van der Waals surface area contributed by atoms with Crippen LogP contribution in [-0.4, -0.2) is 12.1 Å². The van der Waals surface area contributed by atoms with Gasteiger partial charge in [-0.05, 0) is 23.8 Å². The maximum atomic E-state index is 6.10. The molecule has 0 saturated heterocycles. The van der Waals surface area contributed by atoms with E-state index >= 15 is 0 Å². The Kier molecular flexibility index (Phi) is 4.35. The van der Waals surface area contributed by atoms with Gasteiger partial charge in [0.2, 0.25) is 5.88 Å². The number of hydrogen-bond donors (Lipinski definition) is 2. The van der Waals surface area contributed by atoms with E-state index in [0.29, 0.717) is 33.8 Å². The van der Waals surface area contributed by atoms with Crippen LogP contribution in [0.5, 0.6) is 5.88 Å². The molecule has 0 fully saturated rings. The molecule has 1 aromatic heterocycles. The summed E-state index contributed by atoms with van der Waals surface area (Å²) in [7, 11) is 1.58. The summed E-state index contributed by atoms with van der Waals surface area (Å²) < 4.78 is 5.06. The molecule has 2 aromatic rings. The van der Waals surface area contributed by atoms with Crippen LogP contribution in [-0.2, 0) is 6.54 Å². The van der Waals surface area contributed by atoms with Gasteiger partial charge in [-0.3, -0.25) is 0 Å². The lowest BCUT2D eigenvalue weighted by Crippen LogP contribution is -2.02. The van der Waals surface area contributed by atoms with E-state index in [1.165, 1.54) is 0 Å². The summed E-state index contributed by atoms with van der Waals surface area (Å²) >= 11 is 12.2. The highest BCUT2D eigenvalue weighted by Crippen LogP contribution is 2.33. The summed E-state index contributed by atoms with van der Waals surface area (Å²) in [6.45, 7) is 0.558. The predicted molar refractivity (Wildman–Crippen MR) is 79.0 cm³/mol. The molecular weight excluding hydrogens is 285 g/mol. The van der Waals surface area contributed by atoms with Gasteiger partial charge in [-0.25, -0.2) is 4.98 Å². The first-order valence-electron chi connectivity index (χ1n) is 5.57. The van der Waals surface area contributed by atoms with Crippen molar-refractivity contribution in [3.63, 3.8) is 0 Å². The van der Waals surface area contributed by atoms with Crippen LogP contribution in [0.25, 0.3) is 0 Å². The molecule has 19 heavy (non-hydrogen) atoms. The number of nitrogen functional groups attached to an aromatic ring is 1. The van der Waals surface area contributed by atoms with E-state index in [2.05, 4.69) is 10.3 Å². The van der Waals surface area contributed by atoms with Gasteiger partial charge >= 0.3 is 0 Å². The van der Waals surface area contributed by atoms with Crippen LogP contribution in [0.1, 0.15) is 5.56 Å². The average molecular weight is 298 g/mol. The SMILES string of the molecule is COc1cc(CNc2c(Cl)cc(N)cc2Cl)ccn1. The van der Waals surface area contributed by atoms with Crippen molar-refractivity contribution in [3.8, 4) is 5.88 Å². The number of hydrogen-bond acceptors (Lipinski definition) is 4. The van der Waals surface area contributed by atoms with Crippen molar-refractivity contribution >= 4 is 34.6 Å². The fourth-order valence-electron chi connectivity index (χ4n) is 1.62. The molecular formula is C13H13Cl2N3O. The van der Waals surface area contributed by atoms with Gasteiger partial charge in [0.05, 0.1) is 22.8 Å². The smallest absolute Gasteiger partial charge is 0.213 e. The van der Waals surface area contributed by atoms with Gasteiger partial charge < -0.3 is 15.8 Å². The van der Waals surface area contributed by atoms with E-state index in [1.54, 1.807) is 25.4 Å². The number of benzene rings is 1. The monoisotopic (exact) mass is 297 g/mol. The lowest BCUT2D eigenvalue weighted by atomic mass is 10.2. The normalized spacial score (nSPS) is 10.3. The summed E-state index contributed by atoms with van der Waals surface area (Å²) in [6.07, 6.45) is 1.68. The summed E-state index contributed by atoms with van der Waals surface area (Å²) in [6, 6.07) is 7.03. The molecule has 0 aliphatic carbocycles. The molecule has 0 aliphatic heterocycles. The van der Waals surface area contributed by atoms with E-state index in [4.69, 9.17) is 33.7 Å². The molecule has 0 aliphatic rings. The third kappa shape index (κ3) is 3.43. The Morgan fingerprint density at radius 1 is 1.26 bits per heavy atom. The lowest BCUT2D eigenvalue weighted by molar-refractivity contribution is 0.397. The second-order valence-corrected chi connectivity index (χ2v) is 4.73. The van der Waals surface area contributed by atoms with Crippen LogP contribution in [0.4, 0.5) is 11.4 Å². The van der Waals surface area contributed by atoms with Gasteiger partial charge in [0.1, 0.15) is 0 Å². The highest BCUT2D eigenvalue weighted by molar-refractivity contribution is 6.39. The Hall–Kier alpha value is -1.65. The number of nitrogens with two attached hydrogens (primary N) is 1. The fourth-order valence-corrected chi connectivity index (χ4v) is 2.26. The van der Waals surface area contributed by atoms with Gasteiger partial charge in [-0.2, -0.15) is 0 Å². The number of nitrogens with one attached hydrogen (secondary N) is 1. The minimum Gasteiger partial charge on any atom is -0.481 e. The zero-order valence-corrected chi connectivity index (χ0v) is 11.8. The summed E-state index contributed by atoms with van der Waals surface area (Å²) in [5.41, 5.74) is 7.86. The van der Waals surface area contributed by atoms with E-state index < -0.39 is 0 Å². The number of anilines is 2. The Labute approximate surface area is 121 Å². The molecule has 4 nitrogen and oxygen atoms in total. The Balaban J connectivity index is 2.14. The number of pyridine rings is 1. The number of aromatic nitrogens is 1. The first-order valence-corrected chi connectivity index (χ1v) is 6.33. The fraction of sp³-hybridized carbons (Fsp3) is 0.154. The van der Waals surface area contributed by atoms with Gasteiger partial charge in [-0.1, -0.05) is 23.2 Å². The minimum absolute atomic E-state index is 0.492. The molecule has 6 heteroatoms. The number of halogens is 2. The number of nitrogens with zero attached hydrogens (tertiary/aromatic N) is 1. The van der Waals surface area contributed by atoms with Gasteiger partial charge in [0.15, 0.2) is 0 Å². The summed E-state index contributed by atoms with van der Waals surface area (Å²) in [4.78, 5) is 4.04. The first kappa shape index (κ1) is 13.8. The van der Waals surface area contributed by atoms with E-state index in [0.717, 1.165) is 5.56 Å². The summed E-state index contributed by atoms with van der Waals surface area (Å²) in [5, 5.41) is 4.16. The maximum absolute atomic E-state index is 6.10. The Morgan fingerprint density at radius 3 is 2.58 bits per heavy atom. The van der Waals surface area contributed by atoms with Crippen LogP contribution < -0.4 is 15.8 Å². The van der Waals surface area contributed by atoms with Crippen LogP contribution >= 0.6 is 23.2 Å². The summed E-state index contributed by atoms with van der Waals surface area (Å²) in [5.74, 6) is 0.564. The van der Waals surface area contributed by atoms with Gasteiger partial charge in [0, 0.05) is 24.5 Å². The lowest BCUT2D eigenvalue weighted by Gasteiger charge is -2.11. The van der Waals surface area contributed by atoms with Crippen molar-refractivity contribution in [2.75, 3.05) is 18.2 Å². The molecule has 1 aromatic carbocycles. The van der Waals surface area contributed by atoms with Crippen molar-refractivity contribution < 1.29 is 4.74 Å². The molecule has 0 spiro atoms. The van der Waals surface area contributed by atoms with Gasteiger partial charge in [0.25, 0.3) is 0 Å². The molecule has 100 valence electrons. The third-order valence-electron chi connectivity index (χ3n) is 2.54. The molecule has 0 unspecified atom stereocenters. The zero-order valence-electron chi connectivity index (χ0n) is 10.3. The van der Waals surface area contributed by atoms with E-state index in [1.807, 2.05) is 12.1 Å². The minimum atomic E-state index is 0.492. The predicted octanol–water partition coefficient (Wildman–Crippen LogP) is 3.59. The van der Waals surface area contributed by atoms with Crippen molar-refractivity contribution in [1.82, 2.24) is 4.98 Å². The molecule has 2 rings (SSSR count). The second-order valence-electron chi connectivity index (χ2n) is 3.92. The van der Waals surface area contributed by atoms with Crippen LogP contribution in [0, 0.1) is 0 Å². The first-order chi connectivity index (χ1) is 9.10. The van der Waals surface area contributed by atoms with E-state index in [9.17, 15) is 0 Å². The van der Waals surface area contributed by atoms with Crippen molar-refractivity contribution in [3.05, 3.63) is 46.1 Å². The molecule has 1 heterocycles. The van der Waals surface area contributed by atoms with Crippen molar-refractivity contribution in [1.29, 1.82) is 0 Å². The van der Waals surface area contributed by atoms with E-state index in [-0.39, 0.29) is 0 Å². The third-order valence-corrected chi connectivity index (χ3v) is 3.14. The Morgan fingerprint density at radius 2 is 1.95 bits per heavy atom. The quantitative estimate of drug-likeness (QED) is 0.847. The second kappa shape index (κ2) is 5.99. The van der Waals surface area contributed by atoms with Crippen LogP contribution in [0.15, 0.2) is 30.5 Å². The van der Waals surface area contributed by atoms with Crippen molar-refractivity contribution in [2.24, 2.45) is 0 Å². The highest BCUT2D eigenvalue weighted by atomic mass is 35.5. The molecule has 0 atom stereocenters. The van der Waals surface area contributed by atoms with Crippen molar-refractivity contribution in [2.45, 2.75) is 6.54 Å². The van der Waals surface area contributed by atoms with Crippen LogP contribution in [0.3, 0.4) is 0 Å². The zero-order chi connectivity index (χ0) is 13.8. The number of ether oxygens (including phenoxy) is 1. The number of methoxy groups -OCH3 is 1. The molecule has 0 saturated carbocycles. The molecule has 3 N–H and O–H groups in total. The van der Waals surface area contributed by atoms with Gasteiger partial charge in [-0.15, -0.1) is 0 Å². The number of rotatable bonds is 4. The molecule has 0 bridgehead atoms. The highest BCUT2D eigenvalue weighted by Gasteiger charge is 2.07. The molecule has 0 amide bonds.